The number of benzene rings is 2. The van der Waals surface area contributed by atoms with Crippen LogP contribution in [0.4, 0.5) is 0 Å². The van der Waals surface area contributed by atoms with Gasteiger partial charge < -0.3 is 58.5 Å². The normalized spacial score (nSPS) is 14.8. The van der Waals surface area contributed by atoms with E-state index >= 15 is 0 Å². The number of phosphoric ester groups is 1. The zero-order chi connectivity index (χ0) is 46.0. The zero-order valence-corrected chi connectivity index (χ0v) is 35.4. The van der Waals surface area contributed by atoms with Crippen LogP contribution in [-0.2, 0) is 51.0 Å². The molecule has 0 heterocycles. The maximum Gasteiger partial charge on any atom is 0.524 e. The van der Waals surface area contributed by atoms with Crippen molar-refractivity contribution in [2.45, 2.75) is 109 Å². The molecule has 22 heteroatoms. The van der Waals surface area contributed by atoms with Crippen molar-refractivity contribution < 1.29 is 62.7 Å². The highest BCUT2D eigenvalue weighted by molar-refractivity contribution is 7.46. The minimum atomic E-state index is -4.91. The molecule has 0 radical (unpaired) electrons. The maximum absolute atomic E-state index is 14.3. The van der Waals surface area contributed by atoms with Gasteiger partial charge in [0.2, 0.25) is 35.4 Å². The summed E-state index contributed by atoms with van der Waals surface area (Å²) >= 11 is 0. The lowest BCUT2D eigenvalue weighted by Gasteiger charge is -2.29. The Morgan fingerprint density at radius 1 is 0.705 bits per heavy atom. The Balaban J connectivity index is 2.58. The molecule has 338 valence electrons. The summed E-state index contributed by atoms with van der Waals surface area (Å²) < 4.78 is 16.0. The highest BCUT2D eigenvalue weighted by Crippen LogP contribution is 2.37. The number of nitrogens with two attached hydrogens (primary N) is 3. The number of hydrogen-bond acceptors (Lipinski definition) is 12. The summed E-state index contributed by atoms with van der Waals surface area (Å²) in [5, 5.41) is 32.5. The van der Waals surface area contributed by atoms with Crippen molar-refractivity contribution in [1.29, 1.82) is 0 Å². The van der Waals surface area contributed by atoms with Gasteiger partial charge in [-0.05, 0) is 73.0 Å². The third kappa shape index (κ3) is 18.3. The minimum absolute atomic E-state index is 0.0608. The third-order valence-corrected chi connectivity index (χ3v) is 10.0. The first-order valence-corrected chi connectivity index (χ1v) is 21.2. The number of carboxylic acid groups (broad SMARTS) is 1. The Kier molecular flexibility index (Phi) is 20.8. The summed E-state index contributed by atoms with van der Waals surface area (Å²) in [6, 6.07) is 2.75. The summed E-state index contributed by atoms with van der Waals surface area (Å²) in [5.41, 5.74) is 17.5. The van der Waals surface area contributed by atoms with Gasteiger partial charge in [0, 0.05) is 12.8 Å². The first-order chi connectivity index (χ1) is 28.5. The van der Waals surface area contributed by atoms with Crippen LogP contribution in [0, 0.1) is 11.8 Å². The summed E-state index contributed by atoms with van der Waals surface area (Å²) in [5.74, 6) is -7.73. The quantitative estimate of drug-likeness (QED) is 0.0406. The number of phenolic OH excluding ortho intramolecular Hbond substituents is 1. The third-order valence-electron chi connectivity index (χ3n) is 9.59. The summed E-state index contributed by atoms with van der Waals surface area (Å²) in [6.07, 6.45) is 0.285. The number of carboxylic acids is 1. The molecule has 0 aliphatic heterocycles. The Labute approximate surface area is 353 Å². The lowest BCUT2D eigenvalue weighted by Crippen LogP contribution is -2.61. The number of phenols is 1. The van der Waals surface area contributed by atoms with Crippen molar-refractivity contribution in [1.82, 2.24) is 26.6 Å². The van der Waals surface area contributed by atoms with E-state index in [9.17, 15) is 58.1 Å². The number of carbonyl (C=O) groups is 7. The molecule has 2 rings (SSSR count). The fourth-order valence-corrected chi connectivity index (χ4v) is 6.35. The molecule has 6 amide bonds. The van der Waals surface area contributed by atoms with Crippen molar-refractivity contribution in [2.75, 3.05) is 6.54 Å². The smallest absolute Gasteiger partial charge is 0.508 e. The highest BCUT2D eigenvalue weighted by atomic mass is 31.2. The van der Waals surface area contributed by atoms with Gasteiger partial charge in [-0.15, -0.1) is 0 Å². The van der Waals surface area contributed by atoms with E-state index in [1.165, 1.54) is 48.5 Å². The minimum Gasteiger partial charge on any atom is -0.508 e. The van der Waals surface area contributed by atoms with Gasteiger partial charge in [-0.2, -0.15) is 0 Å². The molecule has 15 N–H and O–H groups in total. The number of phosphoric acid groups is 1. The van der Waals surface area contributed by atoms with E-state index in [1.54, 1.807) is 27.7 Å². The van der Waals surface area contributed by atoms with Crippen molar-refractivity contribution in [3.05, 3.63) is 59.7 Å². The second-order valence-corrected chi connectivity index (χ2v) is 16.1. The summed E-state index contributed by atoms with van der Waals surface area (Å²) in [6.45, 7) is 6.87. The first kappa shape index (κ1) is 51.5. The molecule has 0 aliphatic carbocycles. The van der Waals surface area contributed by atoms with Gasteiger partial charge in [0.15, 0.2) is 0 Å². The maximum atomic E-state index is 14.3. The van der Waals surface area contributed by atoms with Gasteiger partial charge in [0.1, 0.15) is 41.7 Å². The molecule has 2 aromatic rings. The SMILES string of the molecule is CC[C@H](C)[C@H](NC(=O)[C@@H](N)CC(N)=O)C(=O)N[C@@H](Cc1ccc(OP(=O)(O)O)cc1)C(=O)N[C@@H](Cc1ccc(O)cc1)C(=O)N[C@@H](CCCCN)C(=O)N[C@H](C(=O)O)C(C)C. The van der Waals surface area contributed by atoms with Gasteiger partial charge in [-0.3, -0.25) is 38.6 Å². The molecule has 0 saturated heterocycles. The van der Waals surface area contributed by atoms with E-state index in [0.29, 0.717) is 30.4 Å². The van der Waals surface area contributed by atoms with Gasteiger partial charge in [0.25, 0.3) is 0 Å². The molecule has 0 fully saturated rings. The molecular weight excluding hydrogens is 819 g/mol. The Hall–Kier alpha value is -5.60. The lowest BCUT2D eigenvalue weighted by atomic mass is 9.96. The van der Waals surface area contributed by atoms with Gasteiger partial charge in [-0.1, -0.05) is 58.4 Å². The second-order valence-electron chi connectivity index (χ2n) is 15.0. The number of hydrogen-bond donors (Lipinski definition) is 12. The van der Waals surface area contributed by atoms with Crippen LogP contribution < -0.4 is 48.3 Å². The fourth-order valence-electron chi connectivity index (χ4n) is 5.95. The molecular formula is C39H59N8O13P. The highest BCUT2D eigenvalue weighted by Gasteiger charge is 2.35. The second kappa shape index (κ2) is 24.6. The predicted octanol–water partition coefficient (Wildman–Crippen LogP) is -0.809. The fraction of sp³-hybridized carbons (Fsp3) is 0.513. The molecule has 0 aromatic heterocycles. The predicted molar refractivity (Wildman–Crippen MR) is 221 cm³/mol. The van der Waals surface area contributed by atoms with E-state index in [2.05, 4.69) is 31.1 Å². The van der Waals surface area contributed by atoms with Gasteiger partial charge in [-0.25, -0.2) is 9.36 Å². The molecule has 0 saturated carbocycles. The summed E-state index contributed by atoms with van der Waals surface area (Å²) in [7, 11) is -4.91. The van der Waals surface area contributed by atoms with Crippen LogP contribution in [0.2, 0.25) is 0 Å². The lowest BCUT2D eigenvalue weighted by molar-refractivity contribution is -0.143. The van der Waals surface area contributed by atoms with Crippen molar-refractivity contribution in [3.63, 3.8) is 0 Å². The number of amides is 6. The van der Waals surface area contributed by atoms with E-state index < -0.39 is 104 Å². The molecule has 21 nitrogen and oxygen atoms in total. The largest absolute Gasteiger partial charge is 0.524 e. The molecule has 0 spiro atoms. The van der Waals surface area contributed by atoms with Crippen LogP contribution in [-0.4, -0.2) is 104 Å². The van der Waals surface area contributed by atoms with E-state index in [4.69, 9.17) is 17.2 Å². The molecule has 61 heavy (non-hydrogen) atoms. The number of carbonyl (C=O) groups excluding carboxylic acids is 6. The molecule has 7 atom stereocenters. The number of aromatic hydroxyl groups is 1. The number of aliphatic carboxylic acids is 1. The van der Waals surface area contributed by atoms with Gasteiger partial charge in [0.05, 0.1) is 12.5 Å². The van der Waals surface area contributed by atoms with E-state index in [-0.39, 0.29) is 37.3 Å². The van der Waals surface area contributed by atoms with Crippen molar-refractivity contribution in [3.8, 4) is 11.5 Å². The average Bonchev–Trinajstić information content (AvgIpc) is 3.17. The molecule has 0 unspecified atom stereocenters. The topological polar surface area (TPSA) is 365 Å². The van der Waals surface area contributed by atoms with E-state index in [0.717, 1.165) is 0 Å². The van der Waals surface area contributed by atoms with Crippen LogP contribution in [0.3, 0.4) is 0 Å². The summed E-state index contributed by atoms with van der Waals surface area (Å²) in [4.78, 5) is 111. The Morgan fingerprint density at radius 2 is 1.18 bits per heavy atom. The molecule has 0 aliphatic rings. The number of primary amides is 1. The van der Waals surface area contributed by atoms with Gasteiger partial charge >= 0.3 is 13.8 Å². The zero-order valence-electron chi connectivity index (χ0n) is 34.5. The van der Waals surface area contributed by atoms with Crippen LogP contribution in [0.5, 0.6) is 11.5 Å². The van der Waals surface area contributed by atoms with Crippen molar-refractivity contribution in [2.24, 2.45) is 29.0 Å². The number of unbranched alkanes of at least 4 members (excludes halogenated alkanes) is 1. The number of rotatable bonds is 26. The van der Waals surface area contributed by atoms with Crippen molar-refractivity contribution >= 4 is 49.2 Å². The molecule has 2 aromatic carbocycles. The average molecular weight is 879 g/mol. The standard InChI is InChI=1S/C39H59N8O13P/c1-5-22(4)33(47-34(50)27(41)20-31(42)49)38(54)45-30(19-24-11-15-26(16-12-24)60-61(57,58)59)37(53)44-29(18-23-9-13-25(48)14-10-23)36(52)43-28(8-6-7-17-40)35(51)46-32(21(2)3)39(55)56/h9-16,21-22,27-30,32-33,48H,5-8,17-20,40-41H2,1-4H3,(H2,42,49)(H,43,52)(H,44,53)(H,45,54)(H,46,51)(H,47,50)(H,55,56)(H2,57,58,59)/t22-,27-,28-,29-,30-,32-,33-/m0/s1. The molecule has 0 bridgehead atoms. The van der Waals surface area contributed by atoms with Crippen LogP contribution in [0.25, 0.3) is 0 Å². The van der Waals surface area contributed by atoms with Crippen LogP contribution in [0.15, 0.2) is 48.5 Å². The van der Waals surface area contributed by atoms with E-state index in [1.807, 2.05) is 0 Å². The van der Waals surface area contributed by atoms with Crippen LogP contribution >= 0.6 is 7.82 Å². The van der Waals surface area contributed by atoms with Crippen LogP contribution in [0.1, 0.15) is 70.9 Å². The monoisotopic (exact) mass is 878 g/mol. The Bertz CT molecular complexity index is 1860. The first-order valence-electron chi connectivity index (χ1n) is 19.7. The number of nitrogens with one attached hydrogen (secondary N) is 5. The Morgan fingerprint density at radius 3 is 1.64 bits per heavy atom.